The number of hydrogen-bond donors (Lipinski definition) is 2. The molecule has 2 heterocycles. The lowest BCUT2D eigenvalue weighted by atomic mass is 9.82. The Morgan fingerprint density at radius 3 is 2.62 bits per heavy atom. The molecule has 0 bridgehead atoms. The number of halogens is 3. The topological polar surface area (TPSA) is 94.7 Å². The van der Waals surface area contributed by atoms with Crippen molar-refractivity contribution in [3.05, 3.63) is 59.4 Å². The quantitative estimate of drug-likeness (QED) is 0.444. The first-order valence-corrected chi connectivity index (χ1v) is 9.85. The predicted molar refractivity (Wildman–Crippen MR) is 112 cm³/mol. The Morgan fingerprint density at radius 1 is 1.31 bits per heavy atom. The molecule has 0 amide bonds. The Morgan fingerprint density at radius 2 is 2.00 bits per heavy atom. The second kappa shape index (κ2) is 7.71. The predicted octanol–water partition coefficient (Wildman–Crippen LogP) is 4.94. The summed E-state index contributed by atoms with van der Waals surface area (Å²) in [5.74, 6) is -2.83. The fraction of sp³-hybridized carbons (Fsp3) is 0.261. The van der Waals surface area contributed by atoms with Crippen molar-refractivity contribution in [2.75, 3.05) is 0 Å². The molecule has 4 rings (SSSR count). The van der Waals surface area contributed by atoms with E-state index in [2.05, 4.69) is 16.3 Å². The first-order chi connectivity index (χ1) is 15.2. The van der Waals surface area contributed by atoms with Gasteiger partial charge in [-0.1, -0.05) is 13.8 Å². The molecule has 0 saturated heterocycles. The molecule has 0 fully saturated rings. The summed E-state index contributed by atoms with van der Waals surface area (Å²) < 4.78 is 45.4. The fourth-order valence-corrected chi connectivity index (χ4v) is 4.19. The van der Waals surface area contributed by atoms with E-state index in [1.807, 2.05) is 0 Å². The molecular formula is C23H19F3N4O2. The summed E-state index contributed by atoms with van der Waals surface area (Å²) in [6.45, 7) is 3.49. The highest BCUT2D eigenvalue weighted by Crippen LogP contribution is 2.42. The molecule has 164 valence electrons. The zero-order valence-electron chi connectivity index (χ0n) is 17.3. The first kappa shape index (κ1) is 21.4. The number of fused-ring (bicyclic) bond motifs is 2. The van der Waals surface area contributed by atoms with Crippen LogP contribution < -0.4 is 0 Å². The van der Waals surface area contributed by atoms with Gasteiger partial charge in [0.15, 0.2) is 5.82 Å². The minimum absolute atomic E-state index is 0.00256. The Bertz CT molecular complexity index is 1380. The van der Waals surface area contributed by atoms with Crippen molar-refractivity contribution in [3.63, 3.8) is 0 Å². The minimum atomic E-state index is -2.28. The van der Waals surface area contributed by atoms with E-state index in [1.165, 1.54) is 30.5 Å². The maximum atomic E-state index is 15.7. The number of aromatic nitrogens is 3. The highest BCUT2D eigenvalue weighted by atomic mass is 19.1. The molecule has 9 heteroatoms. The van der Waals surface area contributed by atoms with Gasteiger partial charge in [0.05, 0.1) is 17.8 Å². The average molecular weight is 440 g/mol. The van der Waals surface area contributed by atoms with Crippen LogP contribution in [0.25, 0.3) is 27.5 Å². The Kier molecular flexibility index (Phi) is 5.17. The van der Waals surface area contributed by atoms with Gasteiger partial charge in [-0.15, -0.1) is 0 Å². The third-order valence-corrected chi connectivity index (χ3v) is 5.61. The molecule has 0 radical (unpaired) electrons. The maximum Gasteiger partial charge on any atom is 0.338 e. The number of carbonyl (C=O) groups is 1. The number of aromatic amines is 1. The molecule has 0 unspecified atom stereocenters. The second-order valence-electron chi connectivity index (χ2n) is 8.29. The monoisotopic (exact) mass is 440 g/mol. The lowest BCUT2D eigenvalue weighted by Crippen LogP contribution is -2.25. The van der Waals surface area contributed by atoms with E-state index in [1.54, 1.807) is 24.5 Å². The van der Waals surface area contributed by atoms with Crippen LogP contribution in [0, 0.1) is 23.0 Å². The molecule has 0 aliphatic carbocycles. The molecule has 0 aliphatic rings. The van der Waals surface area contributed by atoms with E-state index >= 15 is 4.39 Å². The summed E-state index contributed by atoms with van der Waals surface area (Å²) in [5, 5.41) is 25.5. The van der Waals surface area contributed by atoms with E-state index in [0.717, 1.165) is 0 Å². The molecule has 1 atom stereocenters. The van der Waals surface area contributed by atoms with E-state index in [0.29, 0.717) is 22.3 Å². The number of benzene rings is 2. The van der Waals surface area contributed by atoms with Gasteiger partial charge in [0.2, 0.25) is 6.17 Å². The van der Waals surface area contributed by atoms with E-state index in [9.17, 15) is 23.9 Å². The fourth-order valence-electron chi connectivity index (χ4n) is 4.19. The van der Waals surface area contributed by atoms with E-state index < -0.39 is 35.6 Å². The summed E-state index contributed by atoms with van der Waals surface area (Å²) in [6, 6.07) is 9.21. The molecule has 0 spiro atoms. The molecule has 2 N–H and O–H groups in total. The summed E-state index contributed by atoms with van der Waals surface area (Å²) in [6.07, 6.45) is -1.44. The van der Waals surface area contributed by atoms with Crippen molar-refractivity contribution < 1.29 is 23.1 Å². The van der Waals surface area contributed by atoms with Crippen LogP contribution in [0.4, 0.5) is 13.2 Å². The molecule has 4 aromatic rings. The summed E-state index contributed by atoms with van der Waals surface area (Å²) in [7, 11) is 0. The van der Waals surface area contributed by atoms with Crippen molar-refractivity contribution in [1.29, 1.82) is 5.26 Å². The zero-order chi connectivity index (χ0) is 23.2. The van der Waals surface area contributed by atoms with Gasteiger partial charge >= 0.3 is 5.97 Å². The second-order valence-corrected chi connectivity index (χ2v) is 8.29. The molecule has 32 heavy (non-hydrogen) atoms. The number of carboxylic acid groups (broad SMARTS) is 1. The van der Waals surface area contributed by atoms with Crippen LogP contribution in [0.1, 0.15) is 31.5 Å². The Balaban J connectivity index is 2.20. The van der Waals surface area contributed by atoms with Crippen LogP contribution in [0.3, 0.4) is 0 Å². The van der Waals surface area contributed by atoms with E-state index in [4.69, 9.17) is 0 Å². The van der Waals surface area contributed by atoms with Crippen LogP contribution in [-0.2, 0) is 16.6 Å². The highest BCUT2D eigenvalue weighted by molar-refractivity contribution is 6.00. The number of H-pyrrole nitrogens is 1. The van der Waals surface area contributed by atoms with Crippen LogP contribution in [0.2, 0.25) is 0 Å². The number of hydrogen-bond acceptors (Lipinski definition) is 3. The van der Waals surface area contributed by atoms with Crippen molar-refractivity contribution in [2.45, 2.75) is 38.3 Å². The largest absolute Gasteiger partial charge is 0.479 e. The highest BCUT2D eigenvalue weighted by Gasteiger charge is 2.35. The van der Waals surface area contributed by atoms with Crippen molar-refractivity contribution >= 4 is 27.8 Å². The molecule has 0 saturated carbocycles. The normalized spacial score (nSPS) is 12.9. The van der Waals surface area contributed by atoms with Gasteiger partial charge in [0.25, 0.3) is 0 Å². The van der Waals surface area contributed by atoms with Crippen molar-refractivity contribution in [3.8, 4) is 11.8 Å². The zero-order valence-corrected chi connectivity index (χ0v) is 17.3. The number of aliphatic carboxylic acids is 1. The molecule has 2 aromatic heterocycles. The lowest BCUT2D eigenvalue weighted by molar-refractivity contribution is -0.142. The van der Waals surface area contributed by atoms with Gasteiger partial charge in [-0.3, -0.25) is 5.10 Å². The van der Waals surface area contributed by atoms with Gasteiger partial charge < -0.3 is 9.67 Å². The maximum absolute atomic E-state index is 15.7. The number of nitrogens with one attached hydrogen (secondary N) is 1. The Hall–Kier alpha value is -3.80. The number of nitriles is 1. The van der Waals surface area contributed by atoms with Gasteiger partial charge in [-0.25, -0.2) is 18.0 Å². The van der Waals surface area contributed by atoms with Gasteiger partial charge in [0.1, 0.15) is 11.3 Å². The summed E-state index contributed by atoms with van der Waals surface area (Å²) >= 11 is 0. The standard InChI is InChI=1S/C23H19F3N4O2/c1-23(2,7-8-27)21-15(10-16(25)22(31)32)18-17(9-12-11-28-29-20(12)19(18)26)30(21)14-5-3-13(24)4-6-14/h3-6,9,11,16H,7,10H2,1-2H3,(H,28,29)(H,31,32)/t16-/m1/s1. The number of carboxylic acids is 1. The molecule has 2 aromatic carbocycles. The SMILES string of the molecule is CC(C)(CC#N)c1c(C[C@@H](F)C(=O)O)c2c(F)c3[nH]ncc3cc2n1-c1ccc(F)cc1. The van der Waals surface area contributed by atoms with Crippen molar-refractivity contribution in [2.24, 2.45) is 0 Å². The molecule has 6 nitrogen and oxygen atoms in total. The summed E-state index contributed by atoms with van der Waals surface area (Å²) in [5.41, 5.74) is 0.546. The number of rotatable bonds is 6. The smallest absolute Gasteiger partial charge is 0.338 e. The molecular weight excluding hydrogens is 421 g/mol. The average Bonchev–Trinajstić information content (AvgIpc) is 3.32. The van der Waals surface area contributed by atoms with Gasteiger partial charge in [-0.2, -0.15) is 10.4 Å². The number of alkyl halides is 1. The Labute approximate surface area is 180 Å². The third kappa shape index (κ3) is 3.38. The number of nitrogens with zero attached hydrogens (tertiary/aromatic N) is 3. The van der Waals surface area contributed by atoms with Crippen molar-refractivity contribution in [1.82, 2.24) is 14.8 Å². The van der Waals surface area contributed by atoms with E-state index in [-0.39, 0.29) is 22.9 Å². The van der Waals surface area contributed by atoms with Crippen LogP contribution in [0.15, 0.2) is 36.5 Å². The van der Waals surface area contributed by atoms with Crippen LogP contribution >= 0.6 is 0 Å². The van der Waals surface area contributed by atoms with Gasteiger partial charge in [0, 0.05) is 40.4 Å². The molecule has 0 aliphatic heterocycles. The minimum Gasteiger partial charge on any atom is -0.479 e. The first-order valence-electron chi connectivity index (χ1n) is 9.85. The van der Waals surface area contributed by atoms with Gasteiger partial charge in [-0.05, 0) is 35.9 Å². The third-order valence-electron chi connectivity index (χ3n) is 5.61. The van der Waals surface area contributed by atoms with Crippen LogP contribution in [-0.4, -0.2) is 32.0 Å². The lowest BCUT2D eigenvalue weighted by Gasteiger charge is -2.26. The van der Waals surface area contributed by atoms with Crippen LogP contribution in [0.5, 0.6) is 0 Å². The summed E-state index contributed by atoms with van der Waals surface area (Å²) in [4.78, 5) is 11.3.